The van der Waals surface area contributed by atoms with E-state index in [1.165, 1.54) is 5.69 Å². The average molecular weight is 413 g/mol. The van der Waals surface area contributed by atoms with Crippen LogP contribution >= 0.6 is 0 Å². The topological polar surface area (TPSA) is 94.5 Å². The summed E-state index contributed by atoms with van der Waals surface area (Å²) in [6.45, 7) is 4.15. The fourth-order valence-corrected chi connectivity index (χ4v) is 4.26. The minimum Gasteiger partial charge on any atom is -0.368 e. The summed E-state index contributed by atoms with van der Waals surface area (Å²) in [5.74, 6) is 0. The van der Waals surface area contributed by atoms with Gasteiger partial charge in [-0.3, -0.25) is 9.78 Å². The van der Waals surface area contributed by atoms with Crippen LogP contribution in [0.5, 0.6) is 0 Å². The monoisotopic (exact) mass is 413 g/mol. The number of piperazine rings is 1. The Morgan fingerprint density at radius 2 is 1.90 bits per heavy atom. The maximum atomic E-state index is 4.88. The molecule has 0 amide bonds. The van der Waals surface area contributed by atoms with Gasteiger partial charge in [0.1, 0.15) is 16.9 Å². The quantitative estimate of drug-likeness (QED) is 0.472. The fourth-order valence-electron chi connectivity index (χ4n) is 4.26. The molecule has 0 spiro atoms. The first-order valence-corrected chi connectivity index (χ1v) is 10.4. The second-order valence-electron chi connectivity index (χ2n) is 8.13. The maximum absolute atomic E-state index is 4.88. The van der Waals surface area contributed by atoms with Crippen molar-refractivity contribution in [3.8, 4) is 22.6 Å². The molecule has 156 valence electrons. The number of likely N-dealkylation sites (N-methyl/N-ethyl adjacent to an activating group) is 1. The van der Waals surface area contributed by atoms with E-state index in [-0.39, 0.29) is 0 Å². The van der Waals surface area contributed by atoms with E-state index in [0.29, 0.717) is 0 Å². The highest BCUT2D eigenvalue weighted by atomic mass is 15.3. The van der Waals surface area contributed by atoms with Gasteiger partial charge in [0.05, 0.1) is 23.1 Å². The van der Waals surface area contributed by atoms with Crippen molar-refractivity contribution in [1.82, 2.24) is 39.8 Å². The zero-order chi connectivity index (χ0) is 20.9. The first-order valence-electron chi connectivity index (χ1n) is 10.4. The molecule has 1 saturated heterocycles. The van der Waals surface area contributed by atoms with Crippen LogP contribution < -0.4 is 4.90 Å². The molecule has 1 fully saturated rings. The minimum absolute atomic E-state index is 0.795. The van der Waals surface area contributed by atoms with E-state index in [2.05, 4.69) is 54.2 Å². The molecule has 6 heterocycles. The fraction of sp³-hybridized carbons (Fsp3) is 0.273. The predicted molar refractivity (Wildman–Crippen MR) is 121 cm³/mol. The van der Waals surface area contributed by atoms with Crippen LogP contribution in [0.15, 0.2) is 42.9 Å². The van der Waals surface area contributed by atoms with E-state index in [0.717, 1.165) is 70.9 Å². The van der Waals surface area contributed by atoms with Crippen LogP contribution in [-0.4, -0.2) is 73.1 Å². The second kappa shape index (κ2) is 6.92. The van der Waals surface area contributed by atoms with Crippen molar-refractivity contribution in [1.29, 1.82) is 0 Å². The van der Waals surface area contributed by atoms with Crippen LogP contribution in [0.2, 0.25) is 0 Å². The van der Waals surface area contributed by atoms with Gasteiger partial charge in [0.2, 0.25) is 0 Å². The molecule has 6 rings (SSSR count). The molecule has 9 heteroatoms. The predicted octanol–water partition coefficient (Wildman–Crippen LogP) is 2.65. The van der Waals surface area contributed by atoms with Gasteiger partial charge in [-0.05, 0) is 31.3 Å². The number of nitrogens with one attached hydrogen (secondary N) is 2. The van der Waals surface area contributed by atoms with Crippen molar-refractivity contribution in [3.05, 3.63) is 42.9 Å². The average Bonchev–Trinajstić information content (AvgIpc) is 3.51. The molecule has 0 saturated carbocycles. The summed E-state index contributed by atoms with van der Waals surface area (Å²) >= 11 is 0. The smallest absolute Gasteiger partial charge is 0.139 e. The Balaban J connectivity index is 1.44. The summed E-state index contributed by atoms with van der Waals surface area (Å²) in [6, 6.07) is 8.24. The van der Waals surface area contributed by atoms with E-state index < -0.39 is 0 Å². The number of nitrogens with zero attached hydrogens (tertiary/aromatic N) is 7. The Morgan fingerprint density at radius 1 is 1.03 bits per heavy atom. The van der Waals surface area contributed by atoms with Crippen LogP contribution in [0, 0.1) is 0 Å². The lowest BCUT2D eigenvalue weighted by Gasteiger charge is -2.34. The molecular formula is C22H23N9. The number of pyridine rings is 2. The highest BCUT2D eigenvalue weighted by molar-refractivity contribution is 5.97. The zero-order valence-corrected chi connectivity index (χ0v) is 17.5. The number of aromatic amines is 2. The van der Waals surface area contributed by atoms with Crippen LogP contribution in [-0.2, 0) is 7.05 Å². The molecule has 0 unspecified atom stereocenters. The number of hydrogen-bond donors (Lipinski definition) is 2. The number of aromatic nitrogens is 7. The molecule has 31 heavy (non-hydrogen) atoms. The molecule has 5 aromatic rings. The summed E-state index contributed by atoms with van der Waals surface area (Å²) in [4.78, 5) is 17.7. The maximum Gasteiger partial charge on any atom is 0.139 e. The van der Waals surface area contributed by atoms with Crippen molar-refractivity contribution in [2.75, 3.05) is 38.1 Å². The molecule has 2 N–H and O–H groups in total. The van der Waals surface area contributed by atoms with Crippen molar-refractivity contribution in [3.63, 3.8) is 0 Å². The van der Waals surface area contributed by atoms with Crippen LogP contribution in [0.3, 0.4) is 0 Å². The van der Waals surface area contributed by atoms with Crippen molar-refractivity contribution in [2.45, 2.75) is 0 Å². The number of anilines is 1. The molecule has 0 radical (unpaired) electrons. The second-order valence-corrected chi connectivity index (χ2v) is 8.13. The molecule has 0 aliphatic carbocycles. The van der Waals surface area contributed by atoms with Gasteiger partial charge in [0.15, 0.2) is 0 Å². The lowest BCUT2D eigenvalue weighted by molar-refractivity contribution is 0.313. The largest absolute Gasteiger partial charge is 0.368 e. The summed E-state index contributed by atoms with van der Waals surface area (Å²) in [5.41, 5.74) is 7.36. The number of aryl methyl sites for hydroxylation is 1. The van der Waals surface area contributed by atoms with E-state index in [4.69, 9.17) is 4.98 Å². The Kier molecular flexibility index (Phi) is 4.03. The molecule has 0 aromatic carbocycles. The Labute approximate surface area is 178 Å². The van der Waals surface area contributed by atoms with Gasteiger partial charge in [-0.1, -0.05) is 0 Å². The number of H-pyrrole nitrogens is 2. The van der Waals surface area contributed by atoms with Crippen molar-refractivity contribution >= 4 is 27.8 Å². The summed E-state index contributed by atoms with van der Waals surface area (Å²) in [6.07, 6.45) is 5.66. The van der Waals surface area contributed by atoms with Gasteiger partial charge < -0.3 is 14.8 Å². The molecule has 1 aliphatic rings. The molecule has 5 aromatic heterocycles. The van der Waals surface area contributed by atoms with Crippen LogP contribution in [0.25, 0.3) is 44.7 Å². The van der Waals surface area contributed by atoms with E-state index in [1.807, 2.05) is 37.8 Å². The lowest BCUT2D eigenvalue weighted by Crippen LogP contribution is -2.44. The number of fused-ring (bicyclic) bond motifs is 2. The third-order valence-corrected chi connectivity index (χ3v) is 6.02. The Morgan fingerprint density at radius 3 is 2.71 bits per heavy atom. The van der Waals surface area contributed by atoms with Gasteiger partial charge >= 0.3 is 0 Å². The Bertz CT molecular complexity index is 1380. The molecule has 0 atom stereocenters. The molecular weight excluding hydrogens is 390 g/mol. The van der Waals surface area contributed by atoms with E-state index in [9.17, 15) is 0 Å². The van der Waals surface area contributed by atoms with Crippen molar-refractivity contribution < 1.29 is 0 Å². The molecule has 0 bridgehead atoms. The summed E-state index contributed by atoms with van der Waals surface area (Å²) < 4.78 is 1.78. The molecule has 9 nitrogen and oxygen atoms in total. The van der Waals surface area contributed by atoms with Crippen LogP contribution in [0.4, 0.5) is 5.69 Å². The normalized spacial score (nSPS) is 15.4. The summed E-state index contributed by atoms with van der Waals surface area (Å²) in [7, 11) is 4.07. The molecule has 1 aliphatic heterocycles. The first-order chi connectivity index (χ1) is 15.2. The third kappa shape index (κ3) is 3.05. The highest BCUT2D eigenvalue weighted by Crippen LogP contribution is 2.33. The van der Waals surface area contributed by atoms with Crippen LogP contribution in [0.1, 0.15) is 0 Å². The standard InChI is InChI=1S/C22H23N9/c1-29-7-9-31(10-8-29)19-5-6-23-22-15(19)11-18(26-22)21-20-17(27-28-21)4-3-16(25-20)14-12-24-30(2)13-14/h3-6,11-13H,7-10H2,1-2H3,(H,23,26)(H,27,28). The van der Waals surface area contributed by atoms with E-state index >= 15 is 0 Å². The van der Waals surface area contributed by atoms with Gasteiger partial charge in [-0.25, -0.2) is 9.97 Å². The third-order valence-electron chi connectivity index (χ3n) is 6.02. The zero-order valence-electron chi connectivity index (χ0n) is 17.5. The lowest BCUT2D eigenvalue weighted by atomic mass is 10.2. The van der Waals surface area contributed by atoms with Crippen molar-refractivity contribution in [2.24, 2.45) is 7.05 Å². The van der Waals surface area contributed by atoms with Gasteiger partial charge in [-0.2, -0.15) is 10.2 Å². The van der Waals surface area contributed by atoms with Gasteiger partial charge in [0, 0.05) is 62.3 Å². The first kappa shape index (κ1) is 18.1. The van der Waals surface area contributed by atoms with E-state index in [1.54, 1.807) is 4.68 Å². The number of rotatable bonds is 3. The summed E-state index contributed by atoms with van der Waals surface area (Å²) in [5, 5.41) is 13.0. The number of hydrogen-bond acceptors (Lipinski definition) is 6. The SMILES string of the molecule is CN1CCN(c2ccnc3[nH]c(-c4n[nH]c5ccc(-c6cnn(C)c6)nc45)cc23)CC1. The Hall–Kier alpha value is -3.72. The van der Waals surface area contributed by atoms with Gasteiger partial charge in [0.25, 0.3) is 0 Å². The minimum atomic E-state index is 0.795. The van der Waals surface area contributed by atoms with Gasteiger partial charge in [-0.15, -0.1) is 0 Å². The highest BCUT2D eigenvalue weighted by Gasteiger charge is 2.20.